The molecule has 2 aromatic rings. The molecule has 1 unspecified atom stereocenters. The van der Waals surface area contributed by atoms with E-state index in [1.807, 2.05) is 25.1 Å². The predicted octanol–water partition coefficient (Wildman–Crippen LogP) is 2.54. The molecule has 3 rings (SSSR count). The van der Waals surface area contributed by atoms with Gasteiger partial charge in [0.1, 0.15) is 4.88 Å². The number of carbonyl (C=O) groups excluding carboxylic acids is 1. The molecule has 1 aliphatic heterocycles. The summed E-state index contributed by atoms with van der Waals surface area (Å²) in [6.07, 6.45) is 5.71. The van der Waals surface area contributed by atoms with E-state index in [1.54, 1.807) is 6.20 Å². The fourth-order valence-electron chi connectivity index (χ4n) is 2.64. The highest BCUT2D eigenvalue weighted by atomic mass is 32.1. The number of aromatic nitrogens is 2. The van der Waals surface area contributed by atoms with Crippen molar-refractivity contribution in [3.05, 3.63) is 45.7 Å². The van der Waals surface area contributed by atoms with Crippen molar-refractivity contribution in [3.8, 4) is 0 Å². The van der Waals surface area contributed by atoms with Crippen molar-refractivity contribution < 1.29 is 9.53 Å². The molecule has 0 bridgehead atoms. The smallest absolute Gasteiger partial charge is 0.263 e. The zero-order valence-electron chi connectivity index (χ0n) is 13.2. The highest BCUT2D eigenvalue weighted by Gasteiger charge is 2.19. The molecule has 0 radical (unpaired) electrons. The molecule has 2 aromatic heterocycles. The average Bonchev–Trinajstić information content (AvgIpc) is 3.21. The molecule has 1 atom stereocenters. The van der Waals surface area contributed by atoms with Gasteiger partial charge in [0, 0.05) is 31.5 Å². The van der Waals surface area contributed by atoms with E-state index in [1.165, 1.54) is 11.3 Å². The van der Waals surface area contributed by atoms with Crippen LogP contribution in [0.1, 0.15) is 38.9 Å². The molecule has 6 heteroatoms. The molecular formula is C17H21N3O2S. The quantitative estimate of drug-likeness (QED) is 0.883. The van der Waals surface area contributed by atoms with Crippen LogP contribution in [0.5, 0.6) is 0 Å². The third kappa shape index (κ3) is 4.36. The lowest BCUT2D eigenvalue weighted by Gasteiger charge is -2.09. The Morgan fingerprint density at radius 2 is 2.35 bits per heavy atom. The SMILES string of the molecule is Cc1nc(CCc2ccccn2)sc1C(=O)NCC1CCCO1. The van der Waals surface area contributed by atoms with Gasteiger partial charge in [0.25, 0.3) is 5.91 Å². The summed E-state index contributed by atoms with van der Waals surface area (Å²) >= 11 is 1.48. The van der Waals surface area contributed by atoms with Crippen LogP contribution in [0.25, 0.3) is 0 Å². The van der Waals surface area contributed by atoms with Gasteiger partial charge in [0.15, 0.2) is 0 Å². The summed E-state index contributed by atoms with van der Waals surface area (Å²) in [6, 6.07) is 5.91. The predicted molar refractivity (Wildman–Crippen MR) is 89.8 cm³/mol. The number of thiazole rings is 1. The lowest BCUT2D eigenvalue weighted by Crippen LogP contribution is -2.31. The van der Waals surface area contributed by atoms with Gasteiger partial charge < -0.3 is 10.1 Å². The van der Waals surface area contributed by atoms with Crippen molar-refractivity contribution >= 4 is 17.2 Å². The summed E-state index contributed by atoms with van der Waals surface area (Å²) in [5.41, 5.74) is 1.85. The molecule has 122 valence electrons. The second-order valence-corrected chi connectivity index (χ2v) is 6.77. The Hall–Kier alpha value is -1.79. The van der Waals surface area contributed by atoms with Gasteiger partial charge in [0.05, 0.1) is 16.8 Å². The molecule has 23 heavy (non-hydrogen) atoms. The monoisotopic (exact) mass is 331 g/mol. The molecule has 0 spiro atoms. The molecule has 0 aromatic carbocycles. The van der Waals surface area contributed by atoms with Crippen LogP contribution in [0.15, 0.2) is 24.4 Å². The number of carbonyl (C=O) groups is 1. The van der Waals surface area contributed by atoms with Crippen LogP contribution in [-0.2, 0) is 17.6 Å². The van der Waals surface area contributed by atoms with Crippen molar-refractivity contribution in [2.45, 2.75) is 38.7 Å². The third-order valence-corrected chi connectivity index (χ3v) is 5.10. The number of aryl methyl sites for hydroxylation is 3. The minimum atomic E-state index is -0.0420. The van der Waals surface area contributed by atoms with E-state index in [-0.39, 0.29) is 12.0 Å². The molecular weight excluding hydrogens is 310 g/mol. The second-order valence-electron chi connectivity index (χ2n) is 5.69. The number of pyridine rings is 1. The summed E-state index contributed by atoms with van der Waals surface area (Å²) in [7, 11) is 0. The maximum absolute atomic E-state index is 12.3. The Kier molecular flexibility index (Phi) is 5.35. The van der Waals surface area contributed by atoms with Crippen LogP contribution in [0.4, 0.5) is 0 Å². The first-order valence-electron chi connectivity index (χ1n) is 7.98. The Labute approximate surface area is 140 Å². The molecule has 1 saturated heterocycles. The molecule has 0 aliphatic carbocycles. The van der Waals surface area contributed by atoms with E-state index < -0.39 is 0 Å². The molecule has 3 heterocycles. The first kappa shape index (κ1) is 16.1. The van der Waals surface area contributed by atoms with E-state index in [9.17, 15) is 4.79 Å². The molecule has 1 aliphatic rings. The van der Waals surface area contributed by atoms with E-state index in [0.717, 1.165) is 48.7 Å². The first-order valence-corrected chi connectivity index (χ1v) is 8.80. The molecule has 0 saturated carbocycles. The number of hydrogen-bond donors (Lipinski definition) is 1. The zero-order valence-corrected chi connectivity index (χ0v) is 14.1. The topological polar surface area (TPSA) is 64.1 Å². The third-order valence-electron chi connectivity index (χ3n) is 3.88. The van der Waals surface area contributed by atoms with Crippen LogP contribution in [-0.4, -0.2) is 35.1 Å². The molecule has 1 fully saturated rings. The summed E-state index contributed by atoms with van der Waals surface area (Å²) in [5, 5.41) is 3.94. The van der Waals surface area contributed by atoms with Gasteiger partial charge in [-0.2, -0.15) is 0 Å². The lowest BCUT2D eigenvalue weighted by atomic mass is 10.2. The fourth-order valence-corrected chi connectivity index (χ4v) is 3.62. The van der Waals surface area contributed by atoms with Crippen molar-refractivity contribution in [3.63, 3.8) is 0 Å². The maximum atomic E-state index is 12.3. The van der Waals surface area contributed by atoms with Gasteiger partial charge >= 0.3 is 0 Å². The summed E-state index contributed by atoms with van der Waals surface area (Å²) in [4.78, 5) is 21.8. The van der Waals surface area contributed by atoms with Crippen molar-refractivity contribution in [1.82, 2.24) is 15.3 Å². The van der Waals surface area contributed by atoms with Crippen molar-refractivity contribution in [2.75, 3.05) is 13.2 Å². The van der Waals surface area contributed by atoms with E-state index in [4.69, 9.17) is 4.74 Å². The summed E-state index contributed by atoms with van der Waals surface area (Å²) in [6.45, 7) is 3.28. The number of nitrogens with one attached hydrogen (secondary N) is 1. The Morgan fingerprint density at radius 1 is 1.43 bits per heavy atom. The average molecular weight is 331 g/mol. The second kappa shape index (κ2) is 7.66. The standard InChI is InChI=1S/C17H21N3O2S/c1-12-16(17(21)19-11-14-6-4-10-22-14)23-15(20-12)8-7-13-5-2-3-9-18-13/h2-3,5,9,14H,4,6-8,10-11H2,1H3,(H,19,21). The van der Waals surface area contributed by atoms with Crippen LogP contribution >= 0.6 is 11.3 Å². The number of ether oxygens (including phenoxy) is 1. The van der Waals surface area contributed by atoms with Crippen molar-refractivity contribution in [1.29, 1.82) is 0 Å². The van der Waals surface area contributed by atoms with Crippen LogP contribution in [0.2, 0.25) is 0 Å². The Bertz CT molecular complexity index is 651. The van der Waals surface area contributed by atoms with Crippen LogP contribution < -0.4 is 5.32 Å². The summed E-state index contributed by atoms with van der Waals surface area (Å²) in [5.74, 6) is -0.0420. The zero-order chi connectivity index (χ0) is 16.1. The Morgan fingerprint density at radius 3 is 3.09 bits per heavy atom. The number of nitrogens with zero attached hydrogens (tertiary/aromatic N) is 2. The van der Waals surface area contributed by atoms with Crippen molar-refractivity contribution in [2.24, 2.45) is 0 Å². The highest BCUT2D eigenvalue weighted by Crippen LogP contribution is 2.20. The van der Waals surface area contributed by atoms with Gasteiger partial charge in [-0.3, -0.25) is 9.78 Å². The first-order chi connectivity index (χ1) is 11.2. The molecule has 1 amide bonds. The summed E-state index contributed by atoms with van der Waals surface area (Å²) < 4.78 is 5.53. The minimum Gasteiger partial charge on any atom is -0.376 e. The highest BCUT2D eigenvalue weighted by molar-refractivity contribution is 7.13. The van der Waals surface area contributed by atoms with Gasteiger partial charge in [-0.05, 0) is 38.3 Å². The van der Waals surface area contributed by atoms with E-state index in [2.05, 4.69) is 15.3 Å². The Balaban J connectivity index is 1.55. The largest absolute Gasteiger partial charge is 0.376 e. The molecule has 5 nitrogen and oxygen atoms in total. The number of hydrogen-bond acceptors (Lipinski definition) is 5. The maximum Gasteiger partial charge on any atom is 0.263 e. The van der Waals surface area contributed by atoms with Crippen LogP contribution in [0, 0.1) is 6.92 Å². The lowest BCUT2D eigenvalue weighted by molar-refractivity contribution is 0.0860. The van der Waals surface area contributed by atoms with Crippen LogP contribution in [0.3, 0.4) is 0 Å². The fraction of sp³-hybridized carbons (Fsp3) is 0.471. The minimum absolute atomic E-state index is 0.0420. The number of rotatable bonds is 6. The van der Waals surface area contributed by atoms with Gasteiger partial charge in [-0.15, -0.1) is 11.3 Å². The van der Waals surface area contributed by atoms with E-state index >= 15 is 0 Å². The van der Waals surface area contributed by atoms with Gasteiger partial charge in [-0.25, -0.2) is 4.98 Å². The molecule has 1 N–H and O–H groups in total. The normalized spacial score (nSPS) is 17.3. The van der Waals surface area contributed by atoms with E-state index in [0.29, 0.717) is 11.4 Å². The van der Waals surface area contributed by atoms with Gasteiger partial charge in [0.2, 0.25) is 0 Å². The number of amides is 1. The van der Waals surface area contributed by atoms with Gasteiger partial charge in [-0.1, -0.05) is 6.07 Å².